The molecule has 0 aliphatic rings. The number of carbonyl (C=O) groups excluding carboxylic acids is 1. The lowest BCUT2D eigenvalue weighted by molar-refractivity contribution is -0.118. The van der Waals surface area contributed by atoms with Crippen LogP contribution < -0.4 is 5.73 Å². The van der Waals surface area contributed by atoms with Crippen LogP contribution in [0.25, 0.3) is 0 Å². The summed E-state index contributed by atoms with van der Waals surface area (Å²) in [6.07, 6.45) is 1.44. The highest BCUT2D eigenvalue weighted by Gasteiger charge is 2.22. The van der Waals surface area contributed by atoms with E-state index in [1.807, 2.05) is 6.92 Å². The van der Waals surface area contributed by atoms with E-state index in [4.69, 9.17) is 11.0 Å². The molecule has 6 nitrogen and oxygen atoms in total. The fourth-order valence-corrected chi connectivity index (χ4v) is 2.07. The summed E-state index contributed by atoms with van der Waals surface area (Å²) in [5.74, 6) is -1.34. The van der Waals surface area contributed by atoms with Gasteiger partial charge in [-0.25, -0.2) is 8.42 Å². The highest BCUT2D eigenvalue weighted by molar-refractivity contribution is 7.89. The summed E-state index contributed by atoms with van der Waals surface area (Å²) < 4.78 is 23.9. The summed E-state index contributed by atoms with van der Waals surface area (Å²) in [5.41, 5.74) is 4.93. The van der Waals surface area contributed by atoms with Gasteiger partial charge in [0.25, 0.3) is 0 Å². The molecular formula is C8H15N3O3S. The summed E-state index contributed by atoms with van der Waals surface area (Å²) >= 11 is 0. The van der Waals surface area contributed by atoms with Crippen molar-refractivity contribution < 1.29 is 13.2 Å². The van der Waals surface area contributed by atoms with Gasteiger partial charge in [0.15, 0.2) is 5.75 Å². The van der Waals surface area contributed by atoms with E-state index in [1.54, 1.807) is 6.07 Å². The zero-order valence-electron chi connectivity index (χ0n) is 8.64. The Morgan fingerprint density at radius 2 is 2.13 bits per heavy atom. The van der Waals surface area contributed by atoms with E-state index in [0.29, 0.717) is 6.42 Å². The number of rotatable bonds is 7. The first-order valence-electron chi connectivity index (χ1n) is 4.57. The van der Waals surface area contributed by atoms with Gasteiger partial charge in [-0.05, 0) is 6.42 Å². The van der Waals surface area contributed by atoms with Crippen molar-refractivity contribution in [3.05, 3.63) is 0 Å². The molecule has 86 valence electrons. The lowest BCUT2D eigenvalue weighted by atomic mass is 10.3. The molecule has 2 N–H and O–H groups in total. The molecule has 0 radical (unpaired) electrons. The van der Waals surface area contributed by atoms with Crippen molar-refractivity contribution in [2.45, 2.75) is 19.8 Å². The molecule has 0 saturated heterocycles. The van der Waals surface area contributed by atoms with Crippen molar-refractivity contribution in [2.75, 3.05) is 18.8 Å². The van der Waals surface area contributed by atoms with Crippen molar-refractivity contribution in [3.63, 3.8) is 0 Å². The number of hydrogen-bond donors (Lipinski definition) is 1. The Morgan fingerprint density at radius 1 is 1.53 bits per heavy atom. The maximum atomic E-state index is 11.5. The van der Waals surface area contributed by atoms with E-state index in [1.165, 1.54) is 0 Å². The maximum Gasteiger partial charge on any atom is 0.232 e. The second kappa shape index (κ2) is 6.37. The van der Waals surface area contributed by atoms with Crippen LogP contribution in [0.2, 0.25) is 0 Å². The molecule has 0 spiro atoms. The number of nitriles is 1. The lowest BCUT2D eigenvalue weighted by Crippen LogP contribution is -2.40. The van der Waals surface area contributed by atoms with Crippen LogP contribution in [0, 0.1) is 11.3 Å². The topological polar surface area (TPSA) is 104 Å². The van der Waals surface area contributed by atoms with Gasteiger partial charge in [0.1, 0.15) is 0 Å². The minimum absolute atomic E-state index is 0.226. The Balaban J connectivity index is 4.62. The number of sulfonamides is 1. The number of carbonyl (C=O) groups is 1. The Kier molecular flexibility index (Phi) is 5.89. The van der Waals surface area contributed by atoms with Crippen molar-refractivity contribution in [3.8, 4) is 6.07 Å². The number of hydrogen-bond acceptors (Lipinski definition) is 4. The fourth-order valence-electron chi connectivity index (χ4n) is 0.998. The van der Waals surface area contributed by atoms with Gasteiger partial charge in [-0.15, -0.1) is 0 Å². The van der Waals surface area contributed by atoms with E-state index in [0.717, 1.165) is 10.7 Å². The second-order valence-electron chi connectivity index (χ2n) is 3.07. The molecule has 0 saturated carbocycles. The molecule has 0 aliphatic carbocycles. The van der Waals surface area contributed by atoms with Crippen LogP contribution in [-0.4, -0.2) is 37.5 Å². The summed E-state index contributed by atoms with van der Waals surface area (Å²) in [6, 6.07) is 1.56. The highest BCUT2D eigenvalue weighted by Crippen LogP contribution is 2.03. The third-order valence-electron chi connectivity index (χ3n) is 1.73. The van der Waals surface area contributed by atoms with Crippen molar-refractivity contribution in [2.24, 2.45) is 5.73 Å². The van der Waals surface area contributed by atoms with Gasteiger partial charge in [-0.1, -0.05) is 13.3 Å². The van der Waals surface area contributed by atoms with Gasteiger partial charge >= 0.3 is 0 Å². The average Bonchev–Trinajstić information content (AvgIpc) is 2.11. The molecule has 0 aliphatic heterocycles. The minimum atomic E-state index is -3.67. The summed E-state index contributed by atoms with van der Waals surface area (Å²) in [4.78, 5) is 10.7. The molecule has 15 heavy (non-hydrogen) atoms. The van der Waals surface area contributed by atoms with Crippen LogP contribution in [0.1, 0.15) is 19.8 Å². The number of amides is 1. The average molecular weight is 233 g/mol. The largest absolute Gasteiger partial charge is 0.369 e. The zero-order valence-corrected chi connectivity index (χ0v) is 9.46. The van der Waals surface area contributed by atoms with Crippen LogP contribution >= 0.6 is 0 Å². The molecule has 0 unspecified atom stereocenters. The van der Waals surface area contributed by atoms with Crippen molar-refractivity contribution in [1.82, 2.24) is 4.31 Å². The first-order valence-corrected chi connectivity index (χ1v) is 6.18. The number of primary amides is 1. The normalized spacial score (nSPS) is 11.3. The quantitative estimate of drug-likeness (QED) is 0.635. The van der Waals surface area contributed by atoms with Crippen LogP contribution in [-0.2, 0) is 14.8 Å². The predicted molar refractivity (Wildman–Crippen MR) is 55.1 cm³/mol. The SMILES string of the molecule is CCCCN(CC(N)=O)S(=O)(=O)CC#N. The van der Waals surface area contributed by atoms with Crippen molar-refractivity contribution in [1.29, 1.82) is 5.26 Å². The first kappa shape index (κ1) is 13.9. The van der Waals surface area contributed by atoms with Gasteiger partial charge in [-0.3, -0.25) is 4.79 Å². The number of unbranched alkanes of at least 4 members (excludes halogenated alkanes) is 1. The molecule has 0 bridgehead atoms. The molecule has 0 aromatic rings. The Bertz CT molecular complexity index is 345. The zero-order chi connectivity index (χ0) is 11.9. The molecule has 0 aromatic carbocycles. The molecule has 0 heterocycles. The fraction of sp³-hybridized carbons (Fsp3) is 0.750. The molecule has 0 rings (SSSR count). The molecule has 0 atom stereocenters. The highest BCUT2D eigenvalue weighted by atomic mass is 32.2. The van der Waals surface area contributed by atoms with Crippen LogP contribution in [0.15, 0.2) is 0 Å². The predicted octanol–water partition coefficient (Wildman–Crippen LogP) is -0.573. The van der Waals surface area contributed by atoms with E-state index in [-0.39, 0.29) is 13.1 Å². The Hall–Kier alpha value is -1.13. The third-order valence-corrected chi connectivity index (χ3v) is 3.33. The summed E-state index contributed by atoms with van der Waals surface area (Å²) in [7, 11) is -3.67. The molecule has 1 amide bonds. The summed E-state index contributed by atoms with van der Waals surface area (Å²) in [6.45, 7) is 1.77. The van der Waals surface area contributed by atoms with Gasteiger partial charge in [-0.2, -0.15) is 9.57 Å². The molecular weight excluding hydrogens is 218 g/mol. The summed E-state index contributed by atoms with van der Waals surface area (Å²) in [5, 5.41) is 8.34. The Morgan fingerprint density at radius 3 is 2.53 bits per heavy atom. The third kappa shape index (κ3) is 5.34. The monoisotopic (exact) mass is 233 g/mol. The number of nitrogens with two attached hydrogens (primary N) is 1. The standard InChI is InChI=1S/C8H15N3O3S/c1-2-3-5-11(7-8(10)12)15(13,14)6-4-9/h2-3,5-7H2,1H3,(H2,10,12). The molecule has 7 heteroatoms. The minimum Gasteiger partial charge on any atom is -0.369 e. The van der Waals surface area contributed by atoms with Crippen LogP contribution in [0.3, 0.4) is 0 Å². The van der Waals surface area contributed by atoms with Gasteiger partial charge in [0.2, 0.25) is 15.9 Å². The van der Waals surface area contributed by atoms with Gasteiger partial charge in [0.05, 0.1) is 12.6 Å². The molecule has 0 aromatic heterocycles. The molecule has 0 fully saturated rings. The lowest BCUT2D eigenvalue weighted by Gasteiger charge is -2.18. The van der Waals surface area contributed by atoms with Crippen LogP contribution in [0.4, 0.5) is 0 Å². The van der Waals surface area contributed by atoms with E-state index < -0.39 is 21.7 Å². The van der Waals surface area contributed by atoms with E-state index in [2.05, 4.69) is 0 Å². The van der Waals surface area contributed by atoms with Crippen LogP contribution in [0.5, 0.6) is 0 Å². The van der Waals surface area contributed by atoms with Gasteiger partial charge in [0, 0.05) is 6.54 Å². The smallest absolute Gasteiger partial charge is 0.232 e. The first-order chi connectivity index (χ1) is 6.94. The van der Waals surface area contributed by atoms with E-state index in [9.17, 15) is 13.2 Å². The van der Waals surface area contributed by atoms with E-state index >= 15 is 0 Å². The second-order valence-corrected chi connectivity index (χ2v) is 5.04. The van der Waals surface area contributed by atoms with Gasteiger partial charge < -0.3 is 5.73 Å². The maximum absolute atomic E-state index is 11.5. The number of nitrogens with zero attached hydrogens (tertiary/aromatic N) is 2. The van der Waals surface area contributed by atoms with Crippen molar-refractivity contribution >= 4 is 15.9 Å². The Labute approximate surface area is 89.7 Å².